The van der Waals surface area contributed by atoms with Gasteiger partial charge < -0.3 is 16.0 Å². The molecule has 7 heteroatoms. The van der Waals surface area contributed by atoms with Crippen molar-refractivity contribution in [1.29, 1.82) is 0 Å². The monoisotopic (exact) mass is 498 g/mol. The Morgan fingerprint density at radius 1 is 1.00 bits per heavy atom. The third-order valence-corrected chi connectivity index (χ3v) is 4.00. The molecule has 3 N–H and O–H groups in total. The zero-order valence-electron chi connectivity index (χ0n) is 16.3. The molecule has 0 radical (unpaired) electrons. The van der Waals surface area contributed by atoms with E-state index >= 15 is 0 Å². The minimum atomic E-state index is -0.224. The second kappa shape index (κ2) is 13.1. The molecule has 1 amide bonds. The SMILES string of the molecule is CCCNC(=O)c1cccc(CNC(=NC)NCCc2cccc(F)c2)c1.I. The van der Waals surface area contributed by atoms with E-state index in [0.29, 0.717) is 37.6 Å². The van der Waals surface area contributed by atoms with Gasteiger partial charge in [-0.15, -0.1) is 24.0 Å². The number of aliphatic imine (C=N–C) groups is 1. The lowest BCUT2D eigenvalue weighted by Gasteiger charge is -2.12. The van der Waals surface area contributed by atoms with Crippen LogP contribution in [0.1, 0.15) is 34.8 Å². The Hall–Kier alpha value is -2.16. The van der Waals surface area contributed by atoms with Crippen LogP contribution < -0.4 is 16.0 Å². The van der Waals surface area contributed by atoms with E-state index in [1.165, 1.54) is 12.1 Å². The normalized spacial score (nSPS) is 10.8. The van der Waals surface area contributed by atoms with Gasteiger partial charge in [-0.05, 0) is 48.2 Å². The van der Waals surface area contributed by atoms with E-state index in [1.807, 2.05) is 31.2 Å². The molecule has 5 nitrogen and oxygen atoms in total. The van der Waals surface area contributed by atoms with Crippen molar-refractivity contribution >= 4 is 35.8 Å². The third-order valence-electron chi connectivity index (χ3n) is 4.00. The number of guanidine groups is 1. The zero-order chi connectivity index (χ0) is 19.5. The van der Waals surface area contributed by atoms with Crippen LogP contribution in [0, 0.1) is 5.82 Å². The number of hydrogen-bond donors (Lipinski definition) is 3. The Balaban J connectivity index is 0.00000392. The van der Waals surface area contributed by atoms with Crippen molar-refractivity contribution in [3.63, 3.8) is 0 Å². The van der Waals surface area contributed by atoms with Gasteiger partial charge in [0.1, 0.15) is 5.82 Å². The largest absolute Gasteiger partial charge is 0.356 e. The van der Waals surface area contributed by atoms with Crippen LogP contribution in [0.3, 0.4) is 0 Å². The van der Waals surface area contributed by atoms with E-state index in [1.54, 1.807) is 19.2 Å². The predicted octanol–water partition coefficient (Wildman–Crippen LogP) is 3.49. The van der Waals surface area contributed by atoms with Crippen LogP contribution in [-0.2, 0) is 13.0 Å². The fraction of sp³-hybridized carbons (Fsp3) is 0.333. The van der Waals surface area contributed by atoms with Crippen LogP contribution >= 0.6 is 24.0 Å². The van der Waals surface area contributed by atoms with Gasteiger partial charge >= 0.3 is 0 Å². The molecule has 0 unspecified atom stereocenters. The molecular formula is C21H28FIN4O. The number of hydrogen-bond acceptors (Lipinski definition) is 2. The molecule has 0 aliphatic carbocycles. The fourth-order valence-electron chi connectivity index (χ4n) is 2.59. The third kappa shape index (κ3) is 8.24. The summed E-state index contributed by atoms with van der Waals surface area (Å²) in [7, 11) is 1.70. The van der Waals surface area contributed by atoms with Crippen LogP contribution in [0.4, 0.5) is 4.39 Å². The number of carbonyl (C=O) groups is 1. The van der Waals surface area contributed by atoms with Crippen LogP contribution in [0.2, 0.25) is 0 Å². The van der Waals surface area contributed by atoms with E-state index in [2.05, 4.69) is 20.9 Å². The van der Waals surface area contributed by atoms with Gasteiger partial charge in [0.05, 0.1) is 0 Å². The number of carbonyl (C=O) groups excluding carboxylic acids is 1. The first kappa shape index (κ1) is 23.9. The molecule has 0 aromatic heterocycles. The smallest absolute Gasteiger partial charge is 0.251 e. The summed E-state index contributed by atoms with van der Waals surface area (Å²) in [5.41, 5.74) is 2.58. The van der Waals surface area contributed by atoms with E-state index in [9.17, 15) is 9.18 Å². The Morgan fingerprint density at radius 2 is 1.75 bits per heavy atom. The van der Waals surface area contributed by atoms with Gasteiger partial charge in [0, 0.05) is 32.2 Å². The van der Waals surface area contributed by atoms with Crippen molar-refractivity contribution in [1.82, 2.24) is 16.0 Å². The molecular weight excluding hydrogens is 470 g/mol. The van der Waals surface area contributed by atoms with Gasteiger partial charge in [0.2, 0.25) is 0 Å². The molecule has 0 spiro atoms. The lowest BCUT2D eigenvalue weighted by Crippen LogP contribution is -2.37. The fourth-order valence-corrected chi connectivity index (χ4v) is 2.59. The average molecular weight is 498 g/mol. The van der Waals surface area contributed by atoms with Gasteiger partial charge in [-0.3, -0.25) is 9.79 Å². The van der Waals surface area contributed by atoms with E-state index in [0.717, 1.165) is 17.5 Å². The van der Waals surface area contributed by atoms with Crippen molar-refractivity contribution < 1.29 is 9.18 Å². The molecule has 0 fully saturated rings. The van der Waals surface area contributed by atoms with E-state index in [-0.39, 0.29) is 35.7 Å². The second-order valence-corrected chi connectivity index (χ2v) is 6.19. The highest BCUT2D eigenvalue weighted by atomic mass is 127. The van der Waals surface area contributed by atoms with Crippen LogP contribution in [0.25, 0.3) is 0 Å². The summed E-state index contributed by atoms with van der Waals surface area (Å²) in [5, 5.41) is 9.31. The summed E-state index contributed by atoms with van der Waals surface area (Å²) in [6.45, 7) is 3.88. The van der Waals surface area contributed by atoms with Gasteiger partial charge in [-0.2, -0.15) is 0 Å². The first-order chi connectivity index (χ1) is 13.1. The molecule has 0 saturated heterocycles. The van der Waals surface area contributed by atoms with Crippen molar-refractivity contribution in [3.05, 3.63) is 71.0 Å². The average Bonchev–Trinajstić information content (AvgIpc) is 2.69. The highest BCUT2D eigenvalue weighted by molar-refractivity contribution is 14.0. The number of benzene rings is 2. The molecule has 2 aromatic rings. The summed E-state index contributed by atoms with van der Waals surface area (Å²) < 4.78 is 13.2. The molecule has 0 atom stereocenters. The maximum atomic E-state index is 13.2. The minimum absolute atomic E-state index is 0. The van der Waals surface area contributed by atoms with Gasteiger partial charge in [-0.25, -0.2) is 4.39 Å². The molecule has 28 heavy (non-hydrogen) atoms. The summed E-state index contributed by atoms with van der Waals surface area (Å²) in [4.78, 5) is 16.2. The minimum Gasteiger partial charge on any atom is -0.356 e. The predicted molar refractivity (Wildman–Crippen MR) is 123 cm³/mol. The zero-order valence-corrected chi connectivity index (χ0v) is 18.6. The quantitative estimate of drug-likeness (QED) is 0.297. The number of nitrogens with one attached hydrogen (secondary N) is 3. The lowest BCUT2D eigenvalue weighted by atomic mass is 10.1. The van der Waals surface area contributed by atoms with Crippen molar-refractivity contribution in [2.24, 2.45) is 4.99 Å². The summed E-state index contributed by atoms with van der Waals surface area (Å²) in [6.07, 6.45) is 1.61. The van der Waals surface area contributed by atoms with Crippen LogP contribution in [-0.4, -0.2) is 32.0 Å². The van der Waals surface area contributed by atoms with E-state index < -0.39 is 0 Å². The summed E-state index contributed by atoms with van der Waals surface area (Å²) in [5.74, 6) is 0.376. The molecule has 0 aliphatic heterocycles. The summed E-state index contributed by atoms with van der Waals surface area (Å²) in [6, 6.07) is 14.1. The van der Waals surface area contributed by atoms with Gasteiger partial charge in [-0.1, -0.05) is 31.2 Å². The Kier molecular flexibility index (Phi) is 11.2. The number of halogens is 2. The number of amides is 1. The Morgan fingerprint density at radius 3 is 2.46 bits per heavy atom. The van der Waals surface area contributed by atoms with Crippen LogP contribution in [0.5, 0.6) is 0 Å². The molecule has 0 aliphatic rings. The molecule has 0 heterocycles. The first-order valence-corrected chi connectivity index (χ1v) is 9.18. The topological polar surface area (TPSA) is 65.5 Å². The van der Waals surface area contributed by atoms with Crippen molar-refractivity contribution in [2.75, 3.05) is 20.1 Å². The summed E-state index contributed by atoms with van der Waals surface area (Å²) >= 11 is 0. The molecule has 152 valence electrons. The maximum Gasteiger partial charge on any atom is 0.251 e. The lowest BCUT2D eigenvalue weighted by molar-refractivity contribution is 0.0953. The maximum absolute atomic E-state index is 13.2. The van der Waals surface area contributed by atoms with E-state index in [4.69, 9.17) is 0 Å². The number of rotatable bonds is 8. The molecule has 0 bridgehead atoms. The molecule has 2 rings (SSSR count). The molecule has 2 aromatic carbocycles. The highest BCUT2D eigenvalue weighted by Gasteiger charge is 2.06. The standard InChI is InChI=1S/C21H27FN4O.HI/c1-3-11-24-20(27)18-8-4-7-17(13-18)15-26-21(23-2)25-12-10-16-6-5-9-19(22)14-16;/h4-9,13-14H,3,10-12,15H2,1-2H3,(H,24,27)(H2,23,25,26);1H. The van der Waals surface area contributed by atoms with Crippen molar-refractivity contribution in [2.45, 2.75) is 26.3 Å². The number of nitrogens with zero attached hydrogens (tertiary/aromatic N) is 1. The van der Waals surface area contributed by atoms with Crippen LogP contribution in [0.15, 0.2) is 53.5 Å². The Bertz CT molecular complexity index is 783. The first-order valence-electron chi connectivity index (χ1n) is 9.18. The van der Waals surface area contributed by atoms with Gasteiger partial charge in [0.15, 0.2) is 5.96 Å². The second-order valence-electron chi connectivity index (χ2n) is 6.19. The Labute approximate surface area is 183 Å². The van der Waals surface area contributed by atoms with Gasteiger partial charge in [0.25, 0.3) is 5.91 Å². The highest BCUT2D eigenvalue weighted by Crippen LogP contribution is 2.06. The molecule has 0 saturated carbocycles. The van der Waals surface area contributed by atoms with Crippen molar-refractivity contribution in [3.8, 4) is 0 Å².